The van der Waals surface area contributed by atoms with Gasteiger partial charge in [0.2, 0.25) is 5.91 Å². The van der Waals surface area contributed by atoms with Gasteiger partial charge in [0.05, 0.1) is 12.5 Å². The minimum absolute atomic E-state index is 0.0899. The molecule has 4 N–H and O–H groups in total. The van der Waals surface area contributed by atoms with Crippen molar-refractivity contribution < 1.29 is 19.5 Å². The summed E-state index contributed by atoms with van der Waals surface area (Å²) in [7, 11) is 0. The molecule has 0 aromatic rings. The number of carboxylic acid groups (broad SMARTS) is 1. The summed E-state index contributed by atoms with van der Waals surface area (Å²) < 4.78 is 0. The van der Waals surface area contributed by atoms with E-state index < -0.39 is 18.0 Å². The molecule has 2 unspecified atom stereocenters. The number of hydrogen-bond donors (Lipinski definition) is 4. The Labute approximate surface area is 98.9 Å². The minimum Gasteiger partial charge on any atom is -0.481 e. The smallest absolute Gasteiger partial charge is 0.315 e. The molecule has 17 heavy (non-hydrogen) atoms. The van der Waals surface area contributed by atoms with Crippen molar-refractivity contribution in [2.75, 3.05) is 6.54 Å². The fraction of sp³-hybridized carbons (Fsp3) is 0.700. The van der Waals surface area contributed by atoms with E-state index in [9.17, 15) is 14.4 Å². The molecule has 1 saturated heterocycles. The first-order valence-electron chi connectivity index (χ1n) is 5.56. The molecule has 96 valence electrons. The third kappa shape index (κ3) is 4.71. The molecule has 0 bridgehead atoms. The molecule has 1 aliphatic rings. The van der Waals surface area contributed by atoms with Gasteiger partial charge in [-0.05, 0) is 6.42 Å². The first kappa shape index (κ1) is 13.3. The molecule has 0 radical (unpaired) electrons. The molecule has 1 rings (SSSR count). The van der Waals surface area contributed by atoms with Crippen molar-refractivity contribution in [3.8, 4) is 0 Å². The Morgan fingerprint density at radius 2 is 2.29 bits per heavy atom. The average Bonchev–Trinajstić information content (AvgIpc) is 2.62. The highest BCUT2D eigenvalue weighted by Crippen LogP contribution is 2.00. The maximum atomic E-state index is 11.5. The van der Waals surface area contributed by atoms with Crippen LogP contribution in [0.4, 0.5) is 4.79 Å². The van der Waals surface area contributed by atoms with E-state index in [-0.39, 0.29) is 24.8 Å². The second-order valence-corrected chi connectivity index (χ2v) is 4.03. The predicted octanol–water partition coefficient (Wildman–Crippen LogP) is -0.573. The monoisotopic (exact) mass is 243 g/mol. The molecule has 1 fully saturated rings. The van der Waals surface area contributed by atoms with E-state index in [1.165, 1.54) is 0 Å². The van der Waals surface area contributed by atoms with Crippen molar-refractivity contribution in [1.82, 2.24) is 16.0 Å². The third-order valence-electron chi connectivity index (χ3n) is 2.56. The molecule has 0 aromatic carbocycles. The Kier molecular flexibility index (Phi) is 4.74. The van der Waals surface area contributed by atoms with Crippen LogP contribution in [0.3, 0.4) is 0 Å². The van der Waals surface area contributed by atoms with Gasteiger partial charge in [-0.25, -0.2) is 4.79 Å². The van der Waals surface area contributed by atoms with Gasteiger partial charge in [0.1, 0.15) is 0 Å². The van der Waals surface area contributed by atoms with Gasteiger partial charge in [-0.2, -0.15) is 0 Å². The molecular weight excluding hydrogens is 226 g/mol. The van der Waals surface area contributed by atoms with E-state index in [4.69, 9.17) is 5.11 Å². The number of nitrogens with one attached hydrogen (secondary N) is 3. The number of amides is 3. The molecule has 0 aromatic heterocycles. The second-order valence-electron chi connectivity index (χ2n) is 4.03. The summed E-state index contributed by atoms with van der Waals surface area (Å²) >= 11 is 0. The second kappa shape index (κ2) is 6.07. The van der Waals surface area contributed by atoms with Gasteiger partial charge >= 0.3 is 12.0 Å². The van der Waals surface area contributed by atoms with E-state index in [0.29, 0.717) is 13.0 Å². The fourth-order valence-corrected chi connectivity index (χ4v) is 1.63. The molecule has 7 heteroatoms. The van der Waals surface area contributed by atoms with Gasteiger partial charge in [0.25, 0.3) is 0 Å². The molecular formula is C10H17N3O4. The Morgan fingerprint density at radius 3 is 2.76 bits per heavy atom. The Balaban J connectivity index is 2.32. The number of hydrogen-bond acceptors (Lipinski definition) is 3. The SMILES string of the molecule is CCC(CC(=O)O)NC(=O)NC1CNC(=O)C1. The molecule has 0 saturated carbocycles. The topological polar surface area (TPSA) is 108 Å². The number of carbonyl (C=O) groups excluding carboxylic acids is 2. The van der Waals surface area contributed by atoms with Gasteiger partial charge in [0.15, 0.2) is 0 Å². The maximum Gasteiger partial charge on any atom is 0.315 e. The lowest BCUT2D eigenvalue weighted by Gasteiger charge is -2.17. The number of aliphatic carboxylic acids is 1. The van der Waals surface area contributed by atoms with Gasteiger partial charge < -0.3 is 21.1 Å². The highest BCUT2D eigenvalue weighted by molar-refractivity contribution is 5.81. The fourth-order valence-electron chi connectivity index (χ4n) is 1.63. The standard InChI is InChI=1S/C10H17N3O4/c1-2-6(4-9(15)16)12-10(17)13-7-3-8(14)11-5-7/h6-7H,2-5H2,1H3,(H,11,14)(H,15,16)(H2,12,13,17). The van der Waals surface area contributed by atoms with Crippen LogP contribution in [0.1, 0.15) is 26.2 Å². The average molecular weight is 243 g/mol. The van der Waals surface area contributed by atoms with E-state index in [2.05, 4.69) is 16.0 Å². The van der Waals surface area contributed by atoms with E-state index in [0.717, 1.165) is 0 Å². The van der Waals surface area contributed by atoms with Crippen LogP contribution in [0.25, 0.3) is 0 Å². The summed E-state index contributed by atoms with van der Waals surface area (Å²) in [5.74, 6) is -1.04. The largest absolute Gasteiger partial charge is 0.481 e. The summed E-state index contributed by atoms with van der Waals surface area (Å²) in [5.41, 5.74) is 0. The quantitative estimate of drug-likeness (QED) is 0.518. The zero-order chi connectivity index (χ0) is 12.8. The van der Waals surface area contributed by atoms with Gasteiger partial charge in [-0.3, -0.25) is 9.59 Å². The Morgan fingerprint density at radius 1 is 1.59 bits per heavy atom. The number of rotatable bonds is 5. The van der Waals surface area contributed by atoms with E-state index in [1.54, 1.807) is 6.92 Å². The first-order chi connectivity index (χ1) is 8.01. The van der Waals surface area contributed by atoms with Crippen LogP contribution < -0.4 is 16.0 Å². The van der Waals surface area contributed by atoms with Crippen LogP contribution in [-0.2, 0) is 9.59 Å². The Bertz CT molecular complexity index is 319. The summed E-state index contributed by atoms with van der Waals surface area (Å²) in [4.78, 5) is 32.9. The first-order valence-corrected chi connectivity index (χ1v) is 5.56. The van der Waals surface area contributed by atoms with Crippen molar-refractivity contribution in [3.63, 3.8) is 0 Å². The zero-order valence-corrected chi connectivity index (χ0v) is 9.66. The van der Waals surface area contributed by atoms with Crippen LogP contribution in [0.2, 0.25) is 0 Å². The van der Waals surface area contributed by atoms with Gasteiger partial charge in [-0.15, -0.1) is 0 Å². The summed E-state index contributed by atoms with van der Waals surface area (Å²) in [6.07, 6.45) is 0.705. The van der Waals surface area contributed by atoms with Crippen LogP contribution in [0.15, 0.2) is 0 Å². The Hall–Kier alpha value is -1.79. The predicted molar refractivity (Wildman–Crippen MR) is 59.4 cm³/mol. The summed E-state index contributed by atoms with van der Waals surface area (Å²) in [6, 6.07) is -1.04. The van der Waals surface area contributed by atoms with Crippen LogP contribution in [0, 0.1) is 0 Å². The lowest BCUT2D eigenvalue weighted by molar-refractivity contribution is -0.137. The van der Waals surface area contributed by atoms with Crippen LogP contribution in [-0.4, -0.2) is 41.6 Å². The van der Waals surface area contributed by atoms with E-state index >= 15 is 0 Å². The minimum atomic E-state index is -0.949. The molecule has 0 spiro atoms. The molecule has 3 amide bonds. The summed E-state index contributed by atoms with van der Waals surface area (Å²) in [6.45, 7) is 2.22. The molecule has 0 aliphatic carbocycles. The van der Waals surface area contributed by atoms with Crippen molar-refractivity contribution >= 4 is 17.9 Å². The third-order valence-corrected chi connectivity index (χ3v) is 2.56. The van der Waals surface area contributed by atoms with Crippen molar-refractivity contribution in [1.29, 1.82) is 0 Å². The number of urea groups is 1. The lowest BCUT2D eigenvalue weighted by atomic mass is 10.1. The number of carbonyl (C=O) groups is 3. The van der Waals surface area contributed by atoms with Crippen molar-refractivity contribution in [2.45, 2.75) is 38.3 Å². The molecule has 1 aliphatic heterocycles. The highest BCUT2D eigenvalue weighted by atomic mass is 16.4. The van der Waals surface area contributed by atoms with Crippen LogP contribution in [0.5, 0.6) is 0 Å². The van der Waals surface area contributed by atoms with Crippen molar-refractivity contribution in [3.05, 3.63) is 0 Å². The van der Waals surface area contributed by atoms with Crippen molar-refractivity contribution in [2.24, 2.45) is 0 Å². The lowest BCUT2D eigenvalue weighted by Crippen LogP contribution is -2.47. The normalized spacial score (nSPS) is 20.5. The molecule has 1 heterocycles. The van der Waals surface area contributed by atoms with Crippen LogP contribution >= 0.6 is 0 Å². The maximum absolute atomic E-state index is 11.5. The highest BCUT2D eigenvalue weighted by Gasteiger charge is 2.23. The van der Waals surface area contributed by atoms with E-state index in [1.807, 2.05) is 0 Å². The van der Waals surface area contributed by atoms with Gasteiger partial charge in [-0.1, -0.05) is 6.92 Å². The summed E-state index contributed by atoms with van der Waals surface area (Å²) in [5, 5.41) is 16.4. The molecule has 2 atom stereocenters. The zero-order valence-electron chi connectivity index (χ0n) is 9.66. The molecule has 7 nitrogen and oxygen atoms in total. The number of carboxylic acids is 1. The van der Waals surface area contributed by atoms with Gasteiger partial charge in [0, 0.05) is 19.0 Å².